The van der Waals surface area contributed by atoms with E-state index >= 15 is 0 Å². The molecule has 0 aliphatic heterocycles. The van der Waals surface area contributed by atoms with E-state index in [1.54, 1.807) is 0 Å². The van der Waals surface area contributed by atoms with Crippen LogP contribution >= 0.6 is 55.9 Å². The first-order chi connectivity index (χ1) is 3.68. The molecule has 0 fully saturated rings. The smallest absolute Gasteiger partial charge is 0 e. The zero-order valence-corrected chi connectivity index (χ0v) is 15.1. The first-order valence-electron chi connectivity index (χ1n) is 1.88. The van der Waals surface area contributed by atoms with Crippen LogP contribution in [0.2, 0.25) is 0 Å². The third-order valence-corrected chi connectivity index (χ3v) is 1.20. The van der Waals surface area contributed by atoms with Crippen molar-refractivity contribution >= 4 is 55.9 Å². The molecule has 0 aliphatic rings. The largest absolute Gasteiger partial charge is 0 e. The molecule has 0 heterocycles. The zero-order valence-electron chi connectivity index (χ0n) is 4.94. The molecule has 0 bridgehead atoms. The maximum absolute atomic E-state index is 6.78. The van der Waals surface area contributed by atoms with Gasteiger partial charge in [0, 0.05) is 32.7 Å². The molecule has 0 rings (SSSR count). The average molecular weight is 531 g/mol. The number of halogens is 3. The Morgan fingerprint density at radius 1 is 1.67 bits per heavy atom. The fourth-order valence-corrected chi connectivity index (χ4v) is 0. The van der Waals surface area contributed by atoms with Crippen molar-refractivity contribution in [3.8, 4) is 0 Å². The minimum absolute atomic E-state index is 0. The molecule has 0 aromatic carbocycles. The molecule has 1 atom stereocenters. The molecule has 9 heavy (non-hydrogen) atoms. The minimum Gasteiger partial charge on any atom is 0 e. The Kier molecular flexibility index (Phi) is 36.0. The molecule has 6 heteroatoms. The normalized spacial score (nSPS) is 9.89. The van der Waals surface area contributed by atoms with E-state index < -0.39 is 0 Å². The summed E-state index contributed by atoms with van der Waals surface area (Å²) in [6, 6.07) is 0.0509. The Morgan fingerprint density at radius 2 is 1.78 bits per heavy atom. The molecular weight excluding hydrogens is 524 g/mol. The van der Waals surface area contributed by atoms with Crippen molar-refractivity contribution in [2.24, 2.45) is 0 Å². The summed E-state index contributed by atoms with van der Waals surface area (Å²) in [6.07, 6.45) is 0. The van der Waals surface area contributed by atoms with Crippen LogP contribution in [0.4, 0.5) is 0 Å². The molecule has 0 saturated carbocycles. The first kappa shape index (κ1) is 18.4. The second kappa shape index (κ2) is 17.6. The van der Waals surface area contributed by atoms with Gasteiger partial charge in [0.2, 0.25) is 0 Å². The van der Waals surface area contributed by atoms with Crippen LogP contribution in [0.1, 0.15) is 6.92 Å². The van der Waals surface area contributed by atoms with Crippen LogP contribution < -0.4 is 0 Å². The van der Waals surface area contributed by atoms with E-state index in [-0.39, 0.29) is 38.8 Å². The van der Waals surface area contributed by atoms with E-state index in [1.165, 1.54) is 0 Å². The fraction of sp³-hybridized carbons (Fsp3) is 1.00. The summed E-state index contributed by atoms with van der Waals surface area (Å²) < 4.78 is 0. The van der Waals surface area contributed by atoms with E-state index in [0.29, 0.717) is 9.47 Å². The van der Waals surface area contributed by atoms with Gasteiger partial charge in [0.25, 0.3) is 0 Å². The predicted octanol–water partition coefficient (Wildman–Crippen LogP) is 3.59. The van der Waals surface area contributed by atoms with Gasteiger partial charge in [0.05, 0.1) is 0 Å². The molecule has 0 aromatic heterocycles. The Morgan fingerprint density at radius 3 is 1.78 bits per heavy atom. The summed E-state index contributed by atoms with van der Waals surface area (Å²) >= 11 is 7.86. The van der Waals surface area contributed by atoms with Gasteiger partial charge in [0.1, 0.15) is 0 Å². The van der Waals surface area contributed by atoms with Gasteiger partial charge < -0.3 is 5.73 Å². The molecule has 1 N–H and O–H groups in total. The topological polar surface area (TPSA) is 23.8 Å². The van der Waals surface area contributed by atoms with Gasteiger partial charge in [-0.05, 0) is 5.33 Å². The van der Waals surface area contributed by atoms with Gasteiger partial charge in [-0.25, -0.2) is 0 Å². The molecule has 0 aromatic rings. The van der Waals surface area contributed by atoms with Crippen LogP contribution in [0.25, 0.3) is 5.73 Å². The molecular formula is C3H7BrI2NVY-. The van der Waals surface area contributed by atoms with Crippen molar-refractivity contribution in [1.29, 1.82) is 0 Å². The van der Waals surface area contributed by atoms with Gasteiger partial charge in [-0.3, -0.25) is 0 Å². The number of hydrogen-bond acceptors (Lipinski definition) is 0. The van der Waals surface area contributed by atoms with E-state index in [4.69, 9.17) is 5.73 Å². The minimum atomic E-state index is 0. The third kappa shape index (κ3) is 34.1. The molecule has 0 spiro atoms. The third-order valence-electron chi connectivity index (χ3n) is 0.231. The van der Waals surface area contributed by atoms with Crippen molar-refractivity contribution < 1.29 is 42.2 Å². The monoisotopic (exact) mass is 530 g/mol. The Bertz CT molecular complexity index is 43.0. The SMILES string of the molecule is CC([NH-])CBr.[I][V][I].[Y]. The average Bonchev–Trinajstić information content (AvgIpc) is 1.69. The molecule has 1 nitrogen and oxygen atoms in total. The Labute approximate surface area is 119 Å². The van der Waals surface area contributed by atoms with Crippen LogP contribution in [-0.2, 0) is 42.2 Å². The standard InChI is InChI=1S/C3H7BrN.2HI.V.Y/c1-3(5)2-4;;;;/h3,5H,2H2,1H3;2*1H;;/q-1;;;+2;/p-2. The summed E-state index contributed by atoms with van der Waals surface area (Å²) in [6.45, 7) is 1.84. The number of hydrogen-bond donors (Lipinski definition) is 0. The van der Waals surface area contributed by atoms with Crippen molar-refractivity contribution in [2.75, 3.05) is 5.33 Å². The molecule has 0 aliphatic carbocycles. The first-order valence-corrected chi connectivity index (χ1v) is 12.0. The fourth-order valence-electron chi connectivity index (χ4n) is 0. The van der Waals surface area contributed by atoms with Crippen molar-refractivity contribution in [3.63, 3.8) is 0 Å². The van der Waals surface area contributed by atoms with Gasteiger partial charge in [-0.15, -0.1) is 6.04 Å². The maximum Gasteiger partial charge on any atom is 0 e. The van der Waals surface area contributed by atoms with Gasteiger partial charge >= 0.3 is 49.4 Å². The molecule has 1 unspecified atom stereocenters. The number of nitrogens with one attached hydrogen (secondary N) is 1. The summed E-state index contributed by atoms with van der Waals surface area (Å²) in [5.74, 6) is 0. The second-order valence-electron chi connectivity index (χ2n) is 1.12. The summed E-state index contributed by atoms with van der Waals surface area (Å²) in [5.41, 5.74) is 6.78. The van der Waals surface area contributed by atoms with Crippen LogP contribution in [0.3, 0.4) is 0 Å². The van der Waals surface area contributed by atoms with Gasteiger partial charge in [-0.2, -0.15) is 0 Å². The maximum atomic E-state index is 6.78. The molecule has 1 radical (unpaired) electrons. The van der Waals surface area contributed by atoms with E-state index in [1.807, 2.05) is 6.92 Å². The van der Waals surface area contributed by atoms with E-state index in [0.717, 1.165) is 5.33 Å². The van der Waals surface area contributed by atoms with E-state index in [2.05, 4.69) is 55.9 Å². The number of alkyl halides is 1. The Balaban J connectivity index is -0.0000000800. The summed E-state index contributed by atoms with van der Waals surface area (Å²) in [4.78, 5) is 0. The zero-order chi connectivity index (χ0) is 6.99. The van der Waals surface area contributed by atoms with Crippen LogP contribution in [-0.4, -0.2) is 11.4 Å². The van der Waals surface area contributed by atoms with E-state index in [9.17, 15) is 0 Å². The van der Waals surface area contributed by atoms with Gasteiger partial charge in [0.15, 0.2) is 0 Å². The van der Waals surface area contributed by atoms with Crippen molar-refractivity contribution in [2.45, 2.75) is 13.0 Å². The second-order valence-corrected chi connectivity index (χ2v) is 13.6. The molecule has 0 amide bonds. The van der Waals surface area contributed by atoms with Gasteiger partial charge in [-0.1, -0.05) is 22.9 Å². The van der Waals surface area contributed by atoms with Crippen molar-refractivity contribution in [3.05, 3.63) is 5.73 Å². The molecule has 0 saturated heterocycles. The molecule has 54 valence electrons. The summed E-state index contributed by atoms with van der Waals surface area (Å²) in [7, 11) is 0.628. The van der Waals surface area contributed by atoms with Crippen LogP contribution in [0.5, 0.6) is 0 Å². The van der Waals surface area contributed by atoms with Crippen molar-refractivity contribution in [1.82, 2.24) is 0 Å². The Hall–Kier alpha value is 3.59. The predicted molar refractivity (Wildman–Crippen MR) is 55.6 cm³/mol. The summed E-state index contributed by atoms with van der Waals surface area (Å²) in [5, 5.41) is 0.785. The quantitative estimate of drug-likeness (QED) is 0.366. The number of rotatable bonds is 1. The van der Waals surface area contributed by atoms with Crippen LogP contribution in [0, 0.1) is 0 Å². The van der Waals surface area contributed by atoms with Crippen LogP contribution in [0.15, 0.2) is 0 Å².